The molecule has 0 spiro atoms. The van der Waals surface area contributed by atoms with E-state index in [0.717, 1.165) is 56.8 Å². The molecule has 1 N–H and O–H groups in total. The van der Waals surface area contributed by atoms with E-state index in [9.17, 15) is 4.79 Å². The highest BCUT2D eigenvalue weighted by Gasteiger charge is 2.27. The summed E-state index contributed by atoms with van der Waals surface area (Å²) in [5, 5.41) is 7.32. The standard InChI is InChI=1S/C21H26N2O2S/c24-21(18-3-1-17(2-4-18)19-8-12-26-15-19)22-13-16-5-9-23(10-6-16)20-7-11-25-14-20/h1-4,8,12,15-16,20H,5-7,9-11,13-14H2,(H,22,24)/t20-/m1/s1. The molecule has 26 heavy (non-hydrogen) atoms. The lowest BCUT2D eigenvalue weighted by molar-refractivity contribution is 0.0911. The van der Waals surface area contributed by atoms with Crippen LogP contribution in [-0.2, 0) is 4.74 Å². The fourth-order valence-corrected chi connectivity index (χ4v) is 4.58. The monoisotopic (exact) mass is 370 g/mol. The minimum atomic E-state index is 0.0356. The van der Waals surface area contributed by atoms with E-state index in [1.807, 2.05) is 24.3 Å². The van der Waals surface area contributed by atoms with Gasteiger partial charge in [0.15, 0.2) is 0 Å². The fraction of sp³-hybridized carbons (Fsp3) is 0.476. The summed E-state index contributed by atoms with van der Waals surface area (Å²) in [7, 11) is 0. The van der Waals surface area contributed by atoms with Gasteiger partial charge < -0.3 is 10.1 Å². The highest BCUT2D eigenvalue weighted by atomic mass is 32.1. The summed E-state index contributed by atoms with van der Waals surface area (Å²) < 4.78 is 5.50. The first-order valence-corrected chi connectivity index (χ1v) is 10.5. The van der Waals surface area contributed by atoms with E-state index in [1.54, 1.807) is 11.3 Å². The van der Waals surface area contributed by atoms with Crippen LogP contribution in [0.15, 0.2) is 41.1 Å². The van der Waals surface area contributed by atoms with Crippen molar-refractivity contribution in [2.75, 3.05) is 32.8 Å². The van der Waals surface area contributed by atoms with E-state index in [0.29, 0.717) is 12.0 Å². The number of benzene rings is 1. The fourth-order valence-electron chi connectivity index (χ4n) is 3.91. The van der Waals surface area contributed by atoms with Crippen LogP contribution in [0.3, 0.4) is 0 Å². The molecule has 0 unspecified atom stereocenters. The lowest BCUT2D eigenvalue weighted by Crippen LogP contribution is -2.43. The Kier molecular flexibility index (Phi) is 5.68. The van der Waals surface area contributed by atoms with E-state index in [1.165, 1.54) is 12.0 Å². The number of rotatable bonds is 5. The minimum Gasteiger partial charge on any atom is -0.380 e. The molecule has 2 aliphatic heterocycles. The number of likely N-dealkylation sites (tertiary alicyclic amines) is 1. The Morgan fingerprint density at radius 1 is 1.12 bits per heavy atom. The molecule has 4 nitrogen and oxygen atoms in total. The second kappa shape index (κ2) is 8.33. The van der Waals surface area contributed by atoms with E-state index in [2.05, 4.69) is 27.0 Å². The van der Waals surface area contributed by atoms with Crippen molar-refractivity contribution < 1.29 is 9.53 Å². The van der Waals surface area contributed by atoms with E-state index in [-0.39, 0.29) is 5.91 Å². The van der Waals surface area contributed by atoms with Gasteiger partial charge in [-0.3, -0.25) is 9.69 Å². The Morgan fingerprint density at radius 3 is 2.58 bits per heavy atom. The summed E-state index contributed by atoms with van der Waals surface area (Å²) in [5.74, 6) is 0.621. The third-order valence-electron chi connectivity index (χ3n) is 5.62. The van der Waals surface area contributed by atoms with Gasteiger partial charge in [-0.1, -0.05) is 12.1 Å². The normalized spacial score (nSPS) is 21.8. The highest BCUT2D eigenvalue weighted by molar-refractivity contribution is 7.08. The van der Waals surface area contributed by atoms with Crippen molar-refractivity contribution in [3.05, 3.63) is 46.7 Å². The van der Waals surface area contributed by atoms with Gasteiger partial charge >= 0.3 is 0 Å². The van der Waals surface area contributed by atoms with Gasteiger partial charge in [0.05, 0.1) is 6.61 Å². The highest BCUT2D eigenvalue weighted by Crippen LogP contribution is 2.23. The van der Waals surface area contributed by atoms with Crippen LogP contribution < -0.4 is 5.32 Å². The van der Waals surface area contributed by atoms with E-state index >= 15 is 0 Å². The molecule has 1 aromatic heterocycles. The van der Waals surface area contributed by atoms with Crippen LogP contribution in [0.2, 0.25) is 0 Å². The van der Waals surface area contributed by atoms with Crippen molar-refractivity contribution >= 4 is 17.2 Å². The number of amides is 1. The lowest BCUT2D eigenvalue weighted by atomic mass is 9.95. The molecule has 1 amide bonds. The molecule has 0 saturated carbocycles. The summed E-state index contributed by atoms with van der Waals surface area (Å²) in [5.41, 5.74) is 3.11. The second-order valence-electron chi connectivity index (χ2n) is 7.30. The SMILES string of the molecule is O=C(NCC1CCN([C@@H]2CCOC2)CC1)c1ccc(-c2ccsc2)cc1. The quantitative estimate of drug-likeness (QED) is 0.874. The zero-order chi connectivity index (χ0) is 17.8. The maximum absolute atomic E-state index is 12.4. The predicted octanol–water partition coefficient (Wildman–Crippen LogP) is 3.65. The van der Waals surface area contributed by atoms with Crippen LogP contribution in [0.25, 0.3) is 11.1 Å². The zero-order valence-electron chi connectivity index (χ0n) is 15.0. The number of piperidine rings is 1. The Balaban J connectivity index is 1.24. The van der Waals surface area contributed by atoms with E-state index < -0.39 is 0 Å². The smallest absolute Gasteiger partial charge is 0.251 e. The molecule has 0 radical (unpaired) electrons. The number of carbonyl (C=O) groups excluding carboxylic acids is 1. The molecule has 1 aromatic carbocycles. The molecule has 0 aliphatic carbocycles. The van der Waals surface area contributed by atoms with Crippen molar-refractivity contribution in [3.63, 3.8) is 0 Å². The number of nitrogens with zero attached hydrogens (tertiary/aromatic N) is 1. The van der Waals surface area contributed by atoms with Crippen molar-refractivity contribution in [2.45, 2.75) is 25.3 Å². The first kappa shape index (κ1) is 17.7. The van der Waals surface area contributed by atoms with Crippen LogP contribution >= 0.6 is 11.3 Å². The maximum atomic E-state index is 12.4. The maximum Gasteiger partial charge on any atom is 0.251 e. The van der Waals surface area contributed by atoms with Crippen molar-refractivity contribution in [3.8, 4) is 11.1 Å². The molecule has 4 rings (SSSR count). The topological polar surface area (TPSA) is 41.6 Å². The molecule has 1 atom stereocenters. The Labute approximate surface area is 159 Å². The molecule has 138 valence electrons. The van der Waals surface area contributed by atoms with Crippen molar-refractivity contribution in [2.24, 2.45) is 5.92 Å². The van der Waals surface area contributed by atoms with Gasteiger partial charge in [-0.15, -0.1) is 0 Å². The average Bonchev–Trinajstić information content (AvgIpc) is 3.40. The summed E-state index contributed by atoms with van der Waals surface area (Å²) in [6.07, 6.45) is 3.49. The van der Waals surface area contributed by atoms with Gasteiger partial charge in [-0.2, -0.15) is 11.3 Å². The predicted molar refractivity (Wildman–Crippen MR) is 106 cm³/mol. The minimum absolute atomic E-state index is 0.0356. The number of hydrogen-bond acceptors (Lipinski definition) is 4. The first-order valence-electron chi connectivity index (χ1n) is 9.52. The zero-order valence-corrected chi connectivity index (χ0v) is 15.8. The lowest BCUT2D eigenvalue weighted by Gasteiger charge is -2.35. The third kappa shape index (κ3) is 4.17. The molecule has 2 aliphatic rings. The van der Waals surface area contributed by atoms with Crippen LogP contribution in [0.4, 0.5) is 0 Å². The molecule has 2 aromatic rings. The van der Waals surface area contributed by atoms with Crippen molar-refractivity contribution in [1.82, 2.24) is 10.2 Å². The molecular weight excluding hydrogens is 344 g/mol. The van der Waals surface area contributed by atoms with Crippen LogP contribution in [-0.4, -0.2) is 49.7 Å². The van der Waals surface area contributed by atoms with Gasteiger partial charge in [0.2, 0.25) is 0 Å². The van der Waals surface area contributed by atoms with E-state index in [4.69, 9.17) is 4.74 Å². The molecule has 2 saturated heterocycles. The summed E-state index contributed by atoms with van der Waals surface area (Å²) in [6.45, 7) is 4.84. The first-order chi connectivity index (χ1) is 12.8. The van der Waals surface area contributed by atoms with Gasteiger partial charge in [0.1, 0.15) is 0 Å². The van der Waals surface area contributed by atoms with Gasteiger partial charge in [-0.25, -0.2) is 0 Å². The van der Waals surface area contributed by atoms with Crippen molar-refractivity contribution in [1.29, 1.82) is 0 Å². The summed E-state index contributed by atoms with van der Waals surface area (Å²) in [4.78, 5) is 15.0. The molecular formula is C21H26N2O2S. The number of thiophene rings is 1. The summed E-state index contributed by atoms with van der Waals surface area (Å²) >= 11 is 1.69. The van der Waals surface area contributed by atoms with Crippen LogP contribution in [0.5, 0.6) is 0 Å². The Bertz CT molecular complexity index is 700. The average molecular weight is 371 g/mol. The Morgan fingerprint density at radius 2 is 1.92 bits per heavy atom. The number of nitrogens with one attached hydrogen (secondary N) is 1. The number of carbonyl (C=O) groups is 1. The van der Waals surface area contributed by atoms with Gasteiger partial charge in [0.25, 0.3) is 5.91 Å². The summed E-state index contributed by atoms with van der Waals surface area (Å²) in [6, 6.07) is 10.6. The van der Waals surface area contributed by atoms with Crippen LogP contribution in [0.1, 0.15) is 29.6 Å². The second-order valence-corrected chi connectivity index (χ2v) is 8.08. The molecule has 3 heterocycles. The van der Waals surface area contributed by atoms with Gasteiger partial charge in [-0.05, 0) is 78.4 Å². The Hall–Kier alpha value is -1.69. The number of ether oxygens (including phenoxy) is 1. The molecule has 0 bridgehead atoms. The van der Waals surface area contributed by atoms with Gasteiger partial charge in [0, 0.05) is 24.8 Å². The van der Waals surface area contributed by atoms with Crippen LogP contribution in [0, 0.1) is 5.92 Å². The third-order valence-corrected chi connectivity index (χ3v) is 6.31. The number of hydrogen-bond donors (Lipinski definition) is 1. The molecule has 5 heteroatoms. The molecule has 2 fully saturated rings. The largest absolute Gasteiger partial charge is 0.380 e.